The third kappa shape index (κ3) is 5.35. The largest absolute Gasteiger partial charge is 0.495 e. The maximum atomic E-state index is 9.66. The maximum Gasteiger partial charge on any atom is 0.158 e. The van der Waals surface area contributed by atoms with Gasteiger partial charge in [0.1, 0.15) is 45.2 Å². The van der Waals surface area contributed by atoms with E-state index < -0.39 is 6.10 Å². The Hall–Kier alpha value is -3.73. The first-order valence-corrected chi connectivity index (χ1v) is 11.1. The lowest BCUT2D eigenvalue weighted by Gasteiger charge is -2.16. The summed E-state index contributed by atoms with van der Waals surface area (Å²) in [5, 5.41) is 16.4. The van der Waals surface area contributed by atoms with Gasteiger partial charge in [-0.05, 0) is 18.6 Å². The highest BCUT2D eigenvalue weighted by Gasteiger charge is 2.20. The molecule has 0 spiro atoms. The summed E-state index contributed by atoms with van der Waals surface area (Å²) in [6, 6.07) is 6.83. The highest BCUT2D eigenvalue weighted by Crippen LogP contribution is 2.45. The van der Waals surface area contributed by atoms with Gasteiger partial charge in [-0.15, -0.1) is 0 Å². The molecule has 0 saturated carbocycles. The van der Waals surface area contributed by atoms with E-state index in [1.54, 1.807) is 43.6 Å². The quantitative estimate of drug-likeness (QED) is 0.289. The third-order valence-electron chi connectivity index (χ3n) is 4.95. The minimum absolute atomic E-state index is 0.256. The van der Waals surface area contributed by atoms with E-state index in [-0.39, 0.29) is 10.0 Å². The molecule has 0 radical (unpaired) electrons. The van der Waals surface area contributed by atoms with Crippen molar-refractivity contribution in [3.8, 4) is 22.9 Å². The van der Waals surface area contributed by atoms with E-state index in [1.165, 1.54) is 26.7 Å². The Kier molecular flexibility index (Phi) is 7.45. The monoisotopic (exact) mass is 513 g/mol. The molecule has 3 N–H and O–H groups in total. The van der Waals surface area contributed by atoms with Crippen LogP contribution >= 0.6 is 23.2 Å². The first-order valence-electron chi connectivity index (χ1n) is 10.3. The van der Waals surface area contributed by atoms with E-state index in [4.69, 9.17) is 32.7 Å². The number of halogens is 2. The summed E-state index contributed by atoms with van der Waals surface area (Å²) in [4.78, 5) is 21.7. The van der Waals surface area contributed by atoms with Gasteiger partial charge in [-0.3, -0.25) is 0 Å². The summed E-state index contributed by atoms with van der Waals surface area (Å²) in [5.74, 6) is 2.16. The second-order valence-electron chi connectivity index (χ2n) is 7.23. The number of hydrogen-bond acceptors (Lipinski definition) is 10. The zero-order valence-electron chi connectivity index (χ0n) is 19.0. The van der Waals surface area contributed by atoms with Crippen LogP contribution in [0.1, 0.15) is 18.6 Å². The molecule has 0 fully saturated rings. The fourth-order valence-electron chi connectivity index (χ4n) is 3.14. The van der Waals surface area contributed by atoms with E-state index in [9.17, 15) is 5.11 Å². The zero-order chi connectivity index (χ0) is 24.9. The molecule has 35 heavy (non-hydrogen) atoms. The van der Waals surface area contributed by atoms with Gasteiger partial charge < -0.3 is 25.2 Å². The fourth-order valence-corrected chi connectivity index (χ4v) is 3.74. The summed E-state index contributed by atoms with van der Waals surface area (Å²) in [7, 11) is 2.99. The normalized spacial score (nSPS) is 11.6. The Morgan fingerprint density at radius 3 is 2.20 bits per heavy atom. The predicted octanol–water partition coefficient (Wildman–Crippen LogP) is 5.19. The Labute approximate surface area is 211 Å². The van der Waals surface area contributed by atoms with Gasteiger partial charge in [0.05, 0.1) is 31.7 Å². The van der Waals surface area contributed by atoms with E-state index in [0.29, 0.717) is 51.6 Å². The molecule has 0 bridgehead atoms. The van der Waals surface area contributed by atoms with Crippen LogP contribution in [0, 0.1) is 0 Å². The second kappa shape index (κ2) is 10.7. The number of rotatable bonds is 8. The Bertz CT molecular complexity index is 1310. The van der Waals surface area contributed by atoms with Gasteiger partial charge in [0, 0.05) is 30.7 Å². The summed E-state index contributed by atoms with van der Waals surface area (Å²) < 4.78 is 10.7. The van der Waals surface area contributed by atoms with E-state index in [1.807, 2.05) is 0 Å². The Morgan fingerprint density at radius 1 is 0.857 bits per heavy atom. The number of ether oxygens (including phenoxy) is 2. The summed E-state index contributed by atoms with van der Waals surface area (Å²) in [6.07, 6.45) is 5.46. The average molecular weight is 514 g/mol. The molecule has 10 nitrogen and oxygen atoms in total. The van der Waals surface area contributed by atoms with Gasteiger partial charge in [-0.2, -0.15) is 0 Å². The molecule has 12 heteroatoms. The van der Waals surface area contributed by atoms with Gasteiger partial charge >= 0.3 is 0 Å². The molecule has 3 aromatic heterocycles. The van der Waals surface area contributed by atoms with Crippen molar-refractivity contribution in [2.45, 2.75) is 13.0 Å². The highest BCUT2D eigenvalue weighted by atomic mass is 35.5. The molecular weight excluding hydrogens is 493 g/mol. The van der Waals surface area contributed by atoms with Crippen molar-refractivity contribution < 1.29 is 14.6 Å². The fraction of sp³-hybridized carbons (Fsp3) is 0.174. The maximum absolute atomic E-state index is 9.66. The molecule has 0 aliphatic heterocycles. The molecule has 3 heterocycles. The van der Waals surface area contributed by atoms with Crippen LogP contribution in [0.3, 0.4) is 0 Å². The number of aliphatic hydroxyl groups excluding tert-OH is 1. The molecule has 1 aromatic carbocycles. The Morgan fingerprint density at radius 2 is 1.57 bits per heavy atom. The van der Waals surface area contributed by atoms with Crippen molar-refractivity contribution in [2.75, 3.05) is 24.9 Å². The lowest BCUT2D eigenvalue weighted by Crippen LogP contribution is -2.03. The minimum atomic E-state index is -0.601. The van der Waals surface area contributed by atoms with E-state index in [2.05, 4.69) is 35.6 Å². The average Bonchev–Trinajstić information content (AvgIpc) is 2.87. The van der Waals surface area contributed by atoms with Crippen LogP contribution in [0.2, 0.25) is 10.0 Å². The number of anilines is 4. The molecule has 180 valence electrons. The summed E-state index contributed by atoms with van der Waals surface area (Å²) >= 11 is 13.0. The van der Waals surface area contributed by atoms with Gasteiger partial charge in [0.15, 0.2) is 5.82 Å². The summed E-state index contributed by atoms with van der Waals surface area (Å²) in [5.41, 5.74) is 1.98. The van der Waals surface area contributed by atoms with E-state index >= 15 is 0 Å². The number of aromatic nitrogens is 5. The SMILES string of the molecule is COc1cc(OC)c(Cl)c(Nc2nccnc2-c2cc(Nc3ccc(C(C)O)cn3)ncn2)c1Cl. The molecule has 1 atom stereocenters. The van der Waals surface area contributed by atoms with Crippen molar-refractivity contribution in [3.63, 3.8) is 0 Å². The number of pyridine rings is 1. The van der Waals surface area contributed by atoms with Gasteiger partial charge in [-0.25, -0.2) is 24.9 Å². The number of benzene rings is 1. The zero-order valence-corrected chi connectivity index (χ0v) is 20.5. The molecule has 4 aromatic rings. The van der Waals surface area contributed by atoms with Crippen molar-refractivity contribution in [1.29, 1.82) is 0 Å². The smallest absolute Gasteiger partial charge is 0.158 e. The van der Waals surface area contributed by atoms with E-state index in [0.717, 1.165) is 0 Å². The lowest BCUT2D eigenvalue weighted by molar-refractivity contribution is 0.199. The number of aliphatic hydroxyl groups is 1. The van der Waals surface area contributed by atoms with Crippen LogP contribution in [0.4, 0.5) is 23.1 Å². The molecule has 4 rings (SSSR count). The molecule has 0 saturated heterocycles. The number of hydrogen-bond donors (Lipinski definition) is 3. The van der Waals surface area contributed by atoms with Crippen molar-refractivity contribution in [1.82, 2.24) is 24.9 Å². The summed E-state index contributed by atoms with van der Waals surface area (Å²) in [6.45, 7) is 1.68. The first kappa shape index (κ1) is 24.4. The molecule has 0 amide bonds. The van der Waals surface area contributed by atoms with Crippen molar-refractivity contribution in [3.05, 3.63) is 64.8 Å². The number of methoxy groups -OCH3 is 2. The topological polar surface area (TPSA) is 127 Å². The van der Waals surface area contributed by atoms with Crippen molar-refractivity contribution in [2.24, 2.45) is 0 Å². The second-order valence-corrected chi connectivity index (χ2v) is 7.98. The van der Waals surface area contributed by atoms with Crippen LogP contribution in [-0.4, -0.2) is 44.2 Å². The minimum Gasteiger partial charge on any atom is -0.495 e. The number of nitrogens with one attached hydrogen (secondary N) is 2. The van der Waals surface area contributed by atoms with Crippen LogP contribution in [0.5, 0.6) is 11.5 Å². The molecule has 0 aliphatic rings. The third-order valence-corrected chi connectivity index (χ3v) is 5.70. The van der Waals surface area contributed by atoms with Gasteiger partial charge in [0.25, 0.3) is 0 Å². The standard InChI is InChI=1S/C23H21Cl2N7O3/c1-12(33)13-4-5-17(28-10-13)31-18-8-14(29-11-30-18)21-23(27-7-6-26-21)32-22-19(24)15(34-2)9-16(35-3)20(22)25/h4-12,33H,1-3H3,(H,27,32)(H,28,29,30,31). The van der Waals surface area contributed by atoms with Crippen LogP contribution in [0.15, 0.2) is 49.2 Å². The molecule has 1 unspecified atom stereocenters. The number of nitrogens with zero attached hydrogens (tertiary/aromatic N) is 5. The van der Waals surface area contributed by atoms with Gasteiger partial charge in [-0.1, -0.05) is 29.3 Å². The lowest BCUT2D eigenvalue weighted by atomic mass is 10.2. The van der Waals surface area contributed by atoms with Crippen LogP contribution < -0.4 is 20.1 Å². The van der Waals surface area contributed by atoms with Crippen molar-refractivity contribution >= 4 is 46.3 Å². The predicted molar refractivity (Wildman–Crippen MR) is 134 cm³/mol. The highest BCUT2D eigenvalue weighted by molar-refractivity contribution is 6.41. The van der Waals surface area contributed by atoms with Crippen LogP contribution in [-0.2, 0) is 0 Å². The molecular formula is C23H21Cl2N7O3. The Balaban J connectivity index is 1.67. The van der Waals surface area contributed by atoms with Gasteiger partial charge in [0.2, 0.25) is 0 Å². The first-order chi connectivity index (χ1) is 16.9. The molecule has 0 aliphatic carbocycles. The van der Waals surface area contributed by atoms with Crippen LogP contribution in [0.25, 0.3) is 11.4 Å².